The van der Waals surface area contributed by atoms with E-state index in [-0.39, 0.29) is 19.0 Å². The van der Waals surface area contributed by atoms with E-state index in [0.29, 0.717) is 6.54 Å². The summed E-state index contributed by atoms with van der Waals surface area (Å²) in [5.74, 6) is -0.898. The summed E-state index contributed by atoms with van der Waals surface area (Å²) in [5.41, 5.74) is -0.391. The smallest absolute Gasteiger partial charge is 0.317 e. The summed E-state index contributed by atoms with van der Waals surface area (Å²) in [6.45, 7) is 7.18. The van der Waals surface area contributed by atoms with Gasteiger partial charge in [0.15, 0.2) is 0 Å². The van der Waals surface area contributed by atoms with E-state index in [1.807, 2.05) is 39.8 Å². The van der Waals surface area contributed by atoms with Crippen LogP contribution in [0.5, 0.6) is 0 Å². The fraction of sp³-hybridized carbons (Fsp3) is 0.833. The van der Waals surface area contributed by atoms with Crippen LogP contribution in [0.4, 0.5) is 4.79 Å². The van der Waals surface area contributed by atoms with Crippen molar-refractivity contribution in [3.05, 3.63) is 0 Å². The fourth-order valence-corrected chi connectivity index (χ4v) is 1.43. The molecule has 0 heterocycles. The topological polar surface area (TPSA) is 72.9 Å². The van der Waals surface area contributed by atoms with Gasteiger partial charge in [-0.3, -0.25) is 4.79 Å². The molecule has 0 aliphatic rings. The number of urea groups is 1. The standard InChI is InChI=1S/C12H25N3O3/c1-12(2,3)15(8-6-10(16)17)11(18)13-7-9-14(4)5/h6-9H2,1-5H3,(H,13,18)(H,16,17). The second kappa shape index (κ2) is 7.20. The highest BCUT2D eigenvalue weighted by Crippen LogP contribution is 2.13. The van der Waals surface area contributed by atoms with E-state index < -0.39 is 11.5 Å². The number of likely N-dealkylation sites (N-methyl/N-ethyl adjacent to an activating group) is 1. The van der Waals surface area contributed by atoms with Crippen LogP contribution in [0.25, 0.3) is 0 Å². The third kappa shape index (κ3) is 7.11. The zero-order valence-corrected chi connectivity index (χ0v) is 12.0. The Balaban J connectivity index is 4.37. The van der Waals surface area contributed by atoms with Crippen LogP contribution in [-0.4, -0.2) is 66.2 Å². The molecule has 0 radical (unpaired) electrons. The van der Waals surface area contributed by atoms with E-state index in [9.17, 15) is 9.59 Å². The molecule has 0 atom stereocenters. The molecule has 0 aromatic heterocycles. The maximum Gasteiger partial charge on any atom is 0.317 e. The van der Waals surface area contributed by atoms with Crippen molar-refractivity contribution >= 4 is 12.0 Å². The van der Waals surface area contributed by atoms with Gasteiger partial charge in [-0.15, -0.1) is 0 Å². The zero-order chi connectivity index (χ0) is 14.3. The summed E-state index contributed by atoms with van der Waals surface area (Å²) in [6, 6.07) is -0.217. The molecule has 0 spiro atoms. The van der Waals surface area contributed by atoms with Crippen LogP contribution in [0, 0.1) is 0 Å². The molecule has 2 amide bonds. The molecule has 0 fully saturated rings. The first-order valence-corrected chi connectivity index (χ1v) is 6.06. The summed E-state index contributed by atoms with van der Waals surface area (Å²) >= 11 is 0. The van der Waals surface area contributed by atoms with E-state index in [1.165, 1.54) is 0 Å². The van der Waals surface area contributed by atoms with Gasteiger partial charge in [0.25, 0.3) is 0 Å². The summed E-state index contributed by atoms with van der Waals surface area (Å²) in [7, 11) is 3.86. The lowest BCUT2D eigenvalue weighted by Gasteiger charge is -2.35. The highest BCUT2D eigenvalue weighted by Gasteiger charge is 2.26. The number of hydrogen-bond acceptors (Lipinski definition) is 3. The number of amides is 2. The third-order valence-corrected chi connectivity index (χ3v) is 2.44. The van der Waals surface area contributed by atoms with Gasteiger partial charge < -0.3 is 20.2 Å². The molecule has 0 aliphatic carbocycles. The first-order valence-electron chi connectivity index (χ1n) is 6.06. The minimum atomic E-state index is -0.898. The number of hydrogen-bond donors (Lipinski definition) is 2. The fourth-order valence-electron chi connectivity index (χ4n) is 1.43. The lowest BCUT2D eigenvalue weighted by atomic mass is 10.1. The first-order chi connectivity index (χ1) is 8.14. The summed E-state index contributed by atoms with van der Waals surface area (Å²) < 4.78 is 0. The molecule has 0 saturated heterocycles. The van der Waals surface area contributed by atoms with Gasteiger partial charge in [-0.2, -0.15) is 0 Å². The minimum Gasteiger partial charge on any atom is -0.481 e. The van der Waals surface area contributed by atoms with Crippen LogP contribution in [0.15, 0.2) is 0 Å². The number of nitrogens with zero attached hydrogens (tertiary/aromatic N) is 2. The second-order valence-electron chi connectivity index (χ2n) is 5.50. The monoisotopic (exact) mass is 259 g/mol. The molecule has 0 rings (SSSR count). The van der Waals surface area contributed by atoms with Crippen LogP contribution in [0.1, 0.15) is 27.2 Å². The molecule has 0 saturated carbocycles. The zero-order valence-electron chi connectivity index (χ0n) is 12.0. The Bertz CT molecular complexity index is 285. The van der Waals surface area contributed by atoms with Crippen molar-refractivity contribution in [2.45, 2.75) is 32.7 Å². The Labute approximate surface area is 109 Å². The van der Waals surface area contributed by atoms with Gasteiger partial charge in [-0.1, -0.05) is 0 Å². The van der Waals surface area contributed by atoms with Crippen LogP contribution < -0.4 is 5.32 Å². The molecular formula is C12H25N3O3. The number of rotatable bonds is 6. The van der Waals surface area contributed by atoms with E-state index in [2.05, 4.69) is 5.32 Å². The maximum atomic E-state index is 12.0. The van der Waals surface area contributed by atoms with Crippen molar-refractivity contribution in [3.63, 3.8) is 0 Å². The number of carboxylic acid groups (broad SMARTS) is 1. The number of nitrogens with one attached hydrogen (secondary N) is 1. The highest BCUT2D eigenvalue weighted by molar-refractivity contribution is 5.76. The SMILES string of the molecule is CN(C)CCNC(=O)N(CCC(=O)O)C(C)(C)C. The van der Waals surface area contributed by atoms with E-state index in [1.54, 1.807) is 4.90 Å². The molecule has 18 heavy (non-hydrogen) atoms. The van der Waals surface area contributed by atoms with E-state index in [4.69, 9.17) is 5.11 Å². The lowest BCUT2D eigenvalue weighted by molar-refractivity contribution is -0.137. The lowest BCUT2D eigenvalue weighted by Crippen LogP contribution is -2.52. The van der Waals surface area contributed by atoms with Crippen molar-refractivity contribution in [2.75, 3.05) is 33.7 Å². The van der Waals surface area contributed by atoms with Crippen LogP contribution in [0.2, 0.25) is 0 Å². The molecule has 0 unspecified atom stereocenters. The summed E-state index contributed by atoms with van der Waals surface area (Å²) in [5, 5.41) is 11.5. The van der Waals surface area contributed by atoms with Gasteiger partial charge in [0.05, 0.1) is 6.42 Å². The first kappa shape index (κ1) is 16.7. The van der Waals surface area contributed by atoms with Gasteiger partial charge in [-0.05, 0) is 34.9 Å². The van der Waals surface area contributed by atoms with Gasteiger partial charge >= 0.3 is 12.0 Å². The molecule has 0 bridgehead atoms. The predicted octanol–water partition coefficient (Wildman–Crippen LogP) is 0.833. The van der Waals surface area contributed by atoms with E-state index >= 15 is 0 Å². The number of carboxylic acids is 1. The van der Waals surface area contributed by atoms with Crippen molar-refractivity contribution < 1.29 is 14.7 Å². The third-order valence-electron chi connectivity index (χ3n) is 2.44. The minimum absolute atomic E-state index is 0.0433. The van der Waals surface area contributed by atoms with Crippen LogP contribution in [0.3, 0.4) is 0 Å². The second-order valence-corrected chi connectivity index (χ2v) is 5.50. The van der Waals surface area contributed by atoms with Crippen LogP contribution in [-0.2, 0) is 4.79 Å². The Morgan fingerprint density at radius 3 is 2.11 bits per heavy atom. The molecule has 2 N–H and O–H groups in total. The Hall–Kier alpha value is -1.30. The quantitative estimate of drug-likeness (QED) is 0.741. The largest absolute Gasteiger partial charge is 0.481 e. The average molecular weight is 259 g/mol. The molecule has 0 aromatic rings. The molecule has 6 heteroatoms. The summed E-state index contributed by atoms with van der Waals surface area (Å²) in [4.78, 5) is 26.1. The maximum absolute atomic E-state index is 12.0. The number of carbonyl (C=O) groups is 2. The molecule has 106 valence electrons. The van der Waals surface area contributed by atoms with Gasteiger partial charge in [0, 0.05) is 25.2 Å². The normalized spacial score (nSPS) is 11.4. The number of aliphatic carboxylic acids is 1. The average Bonchev–Trinajstić information content (AvgIpc) is 2.14. The van der Waals surface area contributed by atoms with Gasteiger partial charge in [0.1, 0.15) is 0 Å². The van der Waals surface area contributed by atoms with Gasteiger partial charge in [-0.25, -0.2) is 4.79 Å². The van der Waals surface area contributed by atoms with E-state index in [0.717, 1.165) is 6.54 Å². The van der Waals surface area contributed by atoms with Crippen LogP contribution >= 0.6 is 0 Å². The predicted molar refractivity (Wildman–Crippen MR) is 70.7 cm³/mol. The van der Waals surface area contributed by atoms with Crippen molar-refractivity contribution in [2.24, 2.45) is 0 Å². The highest BCUT2D eigenvalue weighted by atomic mass is 16.4. The molecule has 6 nitrogen and oxygen atoms in total. The van der Waals surface area contributed by atoms with Gasteiger partial charge in [0.2, 0.25) is 0 Å². The molecular weight excluding hydrogens is 234 g/mol. The van der Waals surface area contributed by atoms with Crippen molar-refractivity contribution in [1.29, 1.82) is 0 Å². The summed E-state index contributed by atoms with van der Waals surface area (Å²) in [6.07, 6.45) is -0.0433. The van der Waals surface area contributed by atoms with Crippen molar-refractivity contribution in [3.8, 4) is 0 Å². The molecule has 0 aliphatic heterocycles. The Morgan fingerprint density at radius 1 is 1.17 bits per heavy atom. The Morgan fingerprint density at radius 2 is 1.72 bits per heavy atom. The molecule has 0 aromatic carbocycles. The number of carbonyl (C=O) groups excluding carboxylic acids is 1. The van der Waals surface area contributed by atoms with Crippen molar-refractivity contribution in [1.82, 2.24) is 15.1 Å². The Kier molecular flexibility index (Phi) is 6.68.